The summed E-state index contributed by atoms with van der Waals surface area (Å²) in [5.41, 5.74) is 7.98. The zero-order valence-electron chi connectivity index (χ0n) is 22.1. The van der Waals surface area contributed by atoms with Crippen LogP contribution in [0.3, 0.4) is 0 Å². The minimum absolute atomic E-state index is 0.837. The summed E-state index contributed by atoms with van der Waals surface area (Å²) in [6, 6.07) is 16.5. The van der Waals surface area contributed by atoms with Gasteiger partial charge in [-0.25, -0.2) is 9.97 Å². The molecule has 7 nitrogen and oxygen atoms in total. The van der Waals surface area contributed by atoms with Crippen molar-refractivity contribution < 1.29 is 0 Å². The number of benzene rings is 1. The van der Waals surface area contributed by atoms with Gasteiger partial charge in [-0.1, -0.05) is 31.4 Å². The van der Waals surface area contributed by atoms with Gasteiger partial charge in [0, 0.05) is 60.4 Å². The van der Waals surface area contributed by atoms with Crippen LogP contribution in [0.25, 0.3) is 28.4 Å². The smallest absolute Gasteiger partial charge is 0.188 e. The molecule has 0 bridgehead atoms. The Morgan fingerprint density at radius 1 is 1.00 bits per heavy atom. The number of thiophene rings is 1. The molecule has 1 fully saturated rings. The van der Waals surface area contributed by atoms with Crippen LogP contribution in [0.1, 0.15) is 16.0 Å². The average Bonchev–Trinajstić information content (AvgIpc) is 3.70. The standard InChI is InChI=1S/C30H31N7S2/c1-20-8-5-6-10-24(20)32-21(2)27-11-12-28(39-27)34-30-33-25(19-38-30)26-18-31-29-23(9-7-13-37(26)29)22(3)36-16-14-35(4)15-17-36/h5-13,18-19,32H,2-3,14-17H2,1,4H3,(H,33,34). The first kappa shape index (κ1) is 25.4. The van der Waals surface area contributed by atoms with Crippen LogP contribution < -0.4 is 10.6 Å². The van der Waals surface area contributed by atoms with E-state index < -0.39 is 0 Å². The second-order valence-electron chi connectivity index (χ2n) is 9.74. The summed E-state index contributed by atoms with van der Waals surface area (Å²) in [4.78, 5) is 15.4. The normalized spacial score (nSPS) is 14.1. The van der Waals surface area contributed by atoms with E-state index in [2.05, 4.69) is 93.7 Å². The number of imidazole rings is 1. The molecule has 2 N–H and O–H groups in total. The first-order valence-corrected chi connectivity index (χ1v) is 14.6. The van der Waals surface area contributed by atoms with Crippen LogP contribution in [0.2, 0.25) is 0 Å². The molecule has 0 atom stereocenters. The highest BCUT2D eigenvalue weighted by Gasteiger charge is 2.20. The molecule has 0 radical (unpaired) electrons. The van der Waals surface area contributed by atoms with Crippen molar-refractivity contribution in [2.24, 2.45) is 0 Å². The molecule has 39 heavy (non-hydrogen) atoms. The van der Waals surface area contributed by atoms with E-state index >= 15 is 0 Å². The maximum atomic E-state index is 4.88. The van der Waals surface area contributed by atoms with Gasteiger partial charge in [0.15, 0.2) is 5.13 Å². The van der Waals surface area contributed by atoms with Crippen molar-refractivity contribution in [2.75, 3.05) is 43.9 Å². The number of hydrogen-bond donors (Lipinski definition) is 2. The van der Waals surface area contributed by atoms with Crippen LogP contribution in [0.5, 0.6) is 0 Å². The molecule has 6 rings (SSSR count). The summed E-state index contributed by atoms with van der Waals surface area (Å²) in [7, 11) is 2.16. The van der Waals surface area contributed by atoms with Crippen molar-refractivity contribution in [2.45, 2.75) is 6.92 Å². The van der Waals surface area contributed by atoms with Gasteiger partial charge in [0.2, 0.25) is 0 Å². The van der Waals surface area contributed by atoms with Gasteiger partial charge in [0.25, 0.3) is 0 Å². The molecule has 9 heteroatoms. The molecular formula is C30H31N7S2. The lowest BCUT2D eigenvalue weighted by Crippen LogP contribution is -2.43. The Morgan fingerprint density at radius 3 is 2.64 bits per heavy atom. The van der Waals surface area contributed by atoms with Crippen LogP contribution >= 0.6 is 22.7 Å². The maximum absolute atomic E-state index is 4.88. The molecule has 0 aliphatic carbocycles. The van der Waals surface area contributed by atoms with E-state index in [1.54, 1.807) is 22.7 Å². The van der Waals surface area contributed by atoms with Crippen LogP contribution in [0, 0.1) is 6.92 Å². The Balaban J connectivity index is 1.17. The molecule has 5 aromatic rings. The van der Waals surface area contributed by atoms with Crippen molar-refractivity contribution in [3.05, 3.63) is 95.5 Å². The summed E-state index contributed by atoms with van der Waals surface area (Å²) in [6.07, 6.45) is 3.95. The maximum Gasteiger partial charge on any atom is 0.188 e. The number of aryl methyl sites for hydroxylation is 1. The van der Waals surface area contributed by atoms with Gasteiger partial charge in [-0.05, 0) is 49.9 Å². The summed E-state index contributed by atoms with van der Waals surface area (Å²) in [6.45, 7) is 14.8. The Labute approximate surface area is 236 Å². The predicted molar refractivity (Wildman–Crippen MR) is 166 cm³/mol. The highest BCUT2D eigenvalue weighted by Crippen LogP contribution is 2.34. The molecule has 198 valence electrons. The monoisotopic (exact) mass is 553 g/mol. The van der Waals surface area contributed by atoms with E-state index in [0.717, 1.165) is 80.9 Å². The van der Waals surface area contributed by atoms with Crippen molar-refractivity contribution in [3.8, 4) is 11.4 Å². The number of aromatic nitrogens is 3. The molecule has 5 heterocycles. The fourth-order valence-electron chi connectivity index (χ4n) is 4.73. The molecule has 4 aromatic heterocycles. The highest BCUT2D eigenvalue weighted by molar-refractivity contribution is 7.18. The van der Waals surface area contributed by atoms with E-state index in [-0.39, 0.29) is 0 Å². The number of nitrogens with one attached hydrogen (secondary N) is 2. The van der Waals surface area contributed by atoms with Crippen molar-refractivity contribution in [1.82, 2.24) is 24.2 Å². The van der Waals surface area contributed by atoms with Crippen molar-refractivity contribution >= 4 is 55.5 Å². The summed E-state index contributed by atoms with van der Waals surface area (Å²) >= 11 is 3.23. The summed E-state index contributed by atoms with van der Waals surface area (Å²) in [5, 5.41) is 10.8. The number of piperazine rings is 1. The minimum atomic E-state index is 0.837. The average molecular weight is 554 g/mol. The van der Waals surface area contributed by atoms with E-state index in [4.69, 9.17) is 9.97 Å². The Kier molecular flexibility index (Phi) is 6.95. The van der Waals surface area contributed by atoms with E-state index in [1.807, 2.05) is 24.5 Å². The zero-order chi connectivity index (χ0) is 26.9. The van der Waals surface area contributed by atoms with E-state index in [9.17, 15) is 0 Å². The fourth-order valence-corrected chi connectivity index (χ4v) is 6.34. The summed E-state index contributed by atoms with van der Waals surface area (Å²) < 4.78 is 2.11. The number of hydrogen-bond acceptors (Lipinski definition) is 8. The molecule has 0 amide bonds. The number of pyridine rings is 1. The summed E-state index contributed by atoms with van der Waals surface area (Å²) in [5.74, 6) is 0. The largest absolute Gasteiger partial charge is 0.369 e. The van der Waals surface area contributed by atoms with Gasteiger partial charge in [-0.15, -0.1) is 22.7 Å². The van der Waals surface area contributed by atoms with Crippen molar-refractivity contribution in [3.63, 3.8) is 0 Å². The third kappa shape index (κ3) is 5.21. The van der Waals surface area contributed by atoms with E-state index in [1.165, 1.54) is 5.56 Å². The fraction of sp³-hybridized carbons (Fsp3) is 0.200. The van der Waals surface area contributed by atoms with Crippen LogP contribution in [0.15, 0.2) is 79.5 Å². The number of nitrogens with zero attached hydrogens (tertiary/aromatic N) is 5. The van der Waals surface area contributed by atoms with Crippen LogP contribution in [-0.4, -0.2) is 57.4 Å². The van der Waals surface area contributed by atoms with Gasteiger partial charge < -0.3 is 20.4 Å². The number of likely N-dealkylation sites (N-methyl/N-ethyl adjacent to an activating group) is 1. The molecule has 0 saturated carbocycles. The van der Waals surface area contributed by atoms with Gasteiger partial charge in [-0.3, -0.25) is 4.40 Å². The lowest BCUT2D eigenvalue weighted by Gasteiger charge is -2.35. The molecule has 0 unspecified atom stereocenters. The topological polar surface area (TPSA) is 60.7 Å². The number of para-hydroxylation sites is 1. The predicted octanol–water partition coefficient (Wildman–Crippen LogP) is 6.87. The van der Waals surface area contributed by atoms with E-state index in [0.29, 0.717) is 0 Å². The molecule has 1 aliphatic heterocycles. The lowest BCUT2D eigenvalue weighted by atomic mass is 10.1. The zero-order valence-corrected chi connectivity index (χ0v) is 23.8. The van der Waals surface area contributed by atoms with Gasteiger partial charge >= 0.3 is 0 Å². The number of thiazole rings is 1. The van der Waals surface area contributed by atoms with Gasteiger partial charge in [-0.2, -0.15) is 0 Å². The minimum Gasteiger partial charge on any atom is -0.369 e. The highest BCUT2D eigenvalue weighted by atomic mass is 32.1. The number of fused-ring (bicyclic) bond motifs is 1. The van der Waals surface area contributed by atoms with Gasteiger partial charge in [0.1, 0.15) is 11.3 Å². The Bertz CT molecular complexity index is 1650. The molecular weight excluding hydrogens is 523 g/mol. The SMILES string of the molecule is C=C(Nc1ccccc1C)c1ccc(Nc2nc(-c3cnc4c(C(=C)N5CCN(C)CC5)cccn34)cs2)s1. The second-order valence-corrected chi connectivity index (χ2v) is 11.7. The number of rotatable bonds is 8. The first-order valence-electron chi connectivity index (χ1n) is 12.9. The molecule has 1 aromatic carbocycles. The van der Waals surface area contributed by atoms with Crippen LogP contribution in [0.4, 0.5) is 15.8 Å². The second kappa shape index (κ2) is 10.7. The molecule has 0 spiro atoms. The third-order valence-corrected chi connectivity index (χ3v) is 8.88. The van der Waals surface area contributed by atoms with Gasteiger partial charge in [0.05, 0.1) is 21.8 Å². The third-order valence-electron chi connectivity index (χ3n) is 7.06. The van der Waals surface area contributed by atoms with Crippen LogP contribution in [-0.2, 0) is 0 Å². The Hall–Kier alpha value is -3.92. The first-order chi connectivity index (χ1) is 19.0. The Morgan fingerprint density at radius 2 is 1.82 bits per heavy atom. The van der Waals surface area contributed by atoms with Crippen molar-refractivity contribution in [1.29, 1.82) is 0 Å². The molecule has 1 saturated heterocycles. The lowest BCUT2D eigenvalue weighted by molar-refractivity contribution is 0.207. The molecule has 1 aliphatic rings. The quantitative estimate of drug-likeness (QED) is 0.219. The number of anilines is 3.